The summed E-state index contributed by atoms with van der Waals surface area (Å²) in [5.41, 5.74) is 0.273. The number of aliphatic hydroxyl groups excluding tert-OH is 1. The number of hydrogen-bond acceptors (Lipinski definition) is 2. The van der Waals surface area contributed by atoms with E-state index in [1.807, 2.05) is 0 Å². The highest BCUT2D eigenvalue weighted by Crippen LogP contribution is 2.28. The molecule has 0 saturated heterocycles. The summed E-state index contributed by atoms with van der Waals surface area (Å²) < 4.78 is 4.87. The Kier molecular flexibility index (Phi) is 4.80. The molecule has 0 fully saturated rings. The van der Waals surface area contributed by atoms with Crippen molar-refractivity contribution < 1.29 is 9.84 Å². The summed E-state index contributed by atoms with van der Waals surface area (Å²) in [5, 5.41) is 9.46. The minimum atomic E-state index is -0.316. The van der Waals surface area contributed by atoms with E-state index in [2.05, 4.69) is 27.7 Å². The fourth-order valence-electron chi connectivity index (χ4n) is 1.02. The lowest BCUT2D eigenvalue weighted by Gasteiger charge is -2.28. The van der Waals surface area contributed by atoms with Crippen LogP contribution in [0.1, 0.15) is 34.1 Å². The molecule has 0 aromatic rings. The van der Waals surface area contributed by atoms with Crippen LogP contribution >= 0.6 is 0 Å². The summed E-state index contributed by atoms with van der Waals surface area (Å²) in [5.74, 6) is 0.516. The number of rotatable bonds is 4. The Morgan fingerprint density at radius 3 is 2.17 bits per heavy atom. The molecule has 0 saturated carbocycles. The van der Waals surface area contributed by atoms with Crippen LogP contribution < -0.4 is 0 Å². The van der Waals surface area contributed by atoms with Crippen molar-refractivity contribution in [2.45, 2.75) is 40.2 Å². The van der Waals surface area contributed by atoms with Crippen LogP contribution in [0.3, 0.4) is 0 Å². The van der Waals surface area contributed by atoms with Gasteiger partial charge in [0.25, 0.3) is 0 Å². The summed E-state index contributed by atoms with van der Waals surface area (Å²) in [6.45, 7) is 9.19. The Morgan fingerprint density at radius 1 is 1.33 bits per heavy atom. The van der Waals surface area contributed by atoms with E-state index in [4.69, 9.17) is 4.74 Å². The van der Waals surface area contributed by atoms with Gasteiger partial charge in [0.05, 0.1) is 12.7 Å². The molecule has 74 valence electrons. The van der Waals surface area contributed by atoms with Gasteiger partial charge in [0, 0.05) is 7.11 Å². The monoisotopic (exact) mass is 174 g/mol. The third kappa shape index (κ3) is 4.73. The van der Waals surface area contributed by atoms with Crippen molar-refractivity contribution in [1.82, 2.24) is 0 Å². The third-order valence-corrected chi connectivity index (χ3v) is 2.46. The Morgan fingerprint density at radius 2 is 1.83 bits per heavy atom. The quantitative estimate of drug-likeness (QED) is 0.707. The molecule has 0 bridgehead atoms. The first-order valence-corrected chi connectivity index (χ1v) is 4.55. The van der Waals surface area contributed by atoms with E-state index in [0.29, 0.717) is 12.5 Å². The first-order chi connectivity index (χ1) is 5.38. The maximum absolute atomic E-state index is 9.46. The van der Waals surface area contributed by atoms with E-state index in [-0.39, 0.29) is 11.5 Å². The first kappa shape index (κ1) is 11.9. The smallest absolute Gasteiger partial charge is 0.0776 e. The Bertz CT molecular complexity index is 115. The van der Waals surface area contributed by atoms with Crippen molar-refractivity contribution >= 4 is 0 Å². The highest BCUT2D eigenvalue weighted by molar-refractivity contribution is 4.72. The van der Waals surface area contributed by atoms with Gasteiger partial charge >= 0.3 is 0 Å². The van der Waals surface area contributed by atoms with Crippen LogP contribution in [0.2, 0.25) is 0 Å². The zero-order chi connectivity index (χ0) is 9.78. The molecule has 0 aliphatic rings. The molecule has 0 aromatic heterocycles. The van der Waals surface area contributed by atoms with Crippen LogP contribution in [0.15, 0.2) is 0 Å². The van der Waals surface area contributed by atoms with Crippen molar-refractivity contribution in [2.24, 2.45) is 11.3 Å². The minimum Gasteiger partial charge on any atom is -0.391 e. The van der Waals surface area contributed by atoms with E-state index in [9.17, 15) is 5.11 Å². The van der Waals surface area contributed by atoms with Crippen molar-refractivity contribution in [3.05, 3.63) is 0 Å². The molecule has 0 aliphatic heterocycles. The Balaban J connectivity index is 3.76. The third-order valence-electron chi connectivity index (χ3n) is 2.46. The molecular formula is C10H22O2. The topological polar surface area (TPSA) is 29.5 Å². The first-order valence-electron chi connectivity index (χ1n) is 4.55. The lowest BCUT2D eigenvalue weighted by Crippen LogP contribution is -2.25. The molecule has 2 unspecified atom stereocenters. The van der Waals surface area contributed by atoms with Gasteiger partial charge in [-0.25, -0.2) is 0 Å². The second kappa shape index (κ2) is 4.83. The van der Waals surface area contributed by atoms with Gasteiger partial charge in [0.15, 0.2) is 0 Å². The van der Waals surface area contributed by atoms with E-state index in [1.165, 1.54) is 0 Å². The molecule has 0 radical (unpaired) electrons. The van der Waals surface area contributed by atoms with Crippen LogP contribution in [-0.4, -0.2) is 24.9 Å². The number of aliphatic hydroxyl groups is 1. The maximum Gasteiger partial charge on any atom is 0.0776 e. The van der Waals surface area contributed by atoms with Crippen LogP contribution in [0, 0.1) is 11.3 Å². The fraction of sp³-hybridized carbons (Fsp3) is 1.00. The summed E-state index contributed by atoms with van der Waals surface area (Å²) in [4.78, 5) is 0. The largest absolute Gasteiger partial charge is 0.391 e. The Hall–Kier alpha value is -0.0800. The van der Waals surface area contributed by atoms with Crippen molar-refractivity contribution in [3.63, 3.8) is 0 Å². The summed E-state index contributed by atoms with van der Waals surface area (Å²) in [6, 6.07) is 0. The normalized spacial score (nSPS) is 17.5. The second-order valence-corrected chi connectivity index (χ2v) is 4.61. The summed E-state index contributed by atoms with van der Waals surface area (Å²) >= 11 is 0. The minimum absolute atomic E-state index is 0.273. The average molecular weight is 174 g/mol. The van der Waals surface area contributed by atoms with Gasteiger partial charge in [-0.15, -0.1) is 0 Å². The zero-order valence-corrected chi connectivity index (χ0v) is 8.92. The molecule has 0 spiro atoms. The van der Waals surface area contributed by atoms with E-state index >= 15 is 0 Å². The Labute approximate surface area is 75.9 Å². The van der Waals surface area contributed by atoms with Gasteiger partial charge in [-0.1, -0.05) is 27.7 Å². The average Bonchev–Trinajstić information content (AvgIpc) is 1.85. The molecule has 0 aromatic carbocycles. The second-order valence-electron chi connectivity index (χ2n) is 4.61. The van der Waals surface area contributed by atoms with E-state index in [1.54, 1.807) is 7.11 Å². The fourth-order valence-corrected chi connectivity index (χ4v) is 1.02. The van der Waals surface area contributed by atoms with Crippen LogP contribution in [0.4, 0.5) is 0 Å². The predicted molar refractivity (Wildman–Crippen MR) is 51.1 cm³/mol. The summed E-state index contributed by atoms with van der Waals surface area (Å²) in [6.07, 6.45) is 0.501. The van der Waals surface area contributed by atoms with Gasteiger partial charge in [0.1, 0.15) is 0 Å². The lowest BCUT2D eigenvalue weighted by molar-refractivity contribution is 0.0363. The van der Waals surface area contributed by atoms with Crippen molar-refractivity contribution in [1.29, 1.82) is 0 Å². The molecule has 0 amide bonds. The van der Waals surface area contributed by atoms with Crippen LogP contribution in [0.25, 0.3) is 0 Å². The predicted octanol–water partition coefficient (Wildman–Crippen LogP) is 2.07. The number of methoxy groups -OCH3 is 1. The molecule has 2 heteroatoms. The van der Waals surface area contributed by atoms with Crippen LogP contribution in [-0.2, 0) is 4.74 Å². The molecule has 2 nitrogen and oxygen atoms in total. The van der Waals surface area contributed by atoms with Gasteiger partial charge in [0.2, 0.25) is 0 Å². The molecular weight excluding hydrogens is 152 g/mol. The molecule has 0 heterocycles. The molecule has 0 rings (SSSR count). The molecule has 0 aliphatic carbocycles. The van der Waals surface area contributed by atoms with Gasteiger partial charge in [-0.3, -0.25) is 0 Å². The van der Waals surface area contributed by atoms with Gasteiger partial charge in [-0.05, 0) is 17.8 Å². The van der Waals surface area contributed by atoms with Crippen molar-refractivity contribution in [2.75, 3.05) is 13.7 Å². The molecule has 12 heavy (non-hydrogen) atoms. The summed E-state index contributed by atoms with van der Waals surface area (Å²) in [7, 11) is 1.62. The maximum atomic E-state index is 9.46. The van der Waals surface area contributed by atoms with Crippen molar-refractivity contribution in [3.8, 4) is 0 Å². The number of ether oxygens (including phenoxy) is 1. The highest BCUT2D eigenvalue weighted by Gasteiger charge is 2.22. The van der Waals surface area contributed by atoms with Gasteiger partial charge in [-0.2, -0.15) is 0 Å². The zero-order valence-electron chi connectivity index (χ0n) is 8.92. The van der Waals surface area contributed by atoms with Crippen LogP contribution in [0.5, 0.6) is 0 Å². The van der Waals surface area contributed by atoms with Gasteiger partial charge < -0.3 is 9.84 Å². The standard InChI is InChI=1S/C10H22O2/c1-8(10(2,3)4)6-9(11)7-12-5/h8-9,11H,6-7H2,1-5H3. The highest BCUT2D eigenvalue weighted by atomic mass is 16.5. The molecule has 1 N–H and O–H groups in total. The SMILES string of the molecule is COCC(O)CC(C)C(C)(C)C. The van der Waals surface area contributed by atoms with E-state index < -0.39 is 0 Å². The van der Waals surface area contributed by atoms with E-state index in [0.717, 1.165) is 6.42 Å². The number of hydrogen-bond donors (Lipinski definition) is 1. The lowest BCUT2D eigenvalue weighted by atomic mass is 9.79. The molecule has 2 atom stereocenters.